The van der Waals surface area contributed by atoms with E-state index in [1.54, 1.807) is 7.11 Å². The van der Waals surface area contributed by atoms with Crippen molar-refractivity contribution in [3.63, 3.8) is 0 Å². The molecule has 0 aliphatic heterocycles. The van der Waals surface area contributed by atoms with Crippen LogP contribution in [0.5, 0.6) is 0 Å². The predicted molar refractivity (Wildman–Crippen MR) is 68.2 cm³/mol. The highest BCUT2D eigenvalue weighted by atomic mass is 32.2. The average molecular weight is 263 g/mol. The minimum absolute atomic E-state index is 0.00157. The van der Waals surface area contributed by atoms with Crippen LogP contribution in [0.2, 0.25) is 0 Å². The smallest absolute Gasteiger partial charge is 0.316 e. The second-order valence-electron chi connectivity index (χ2n) is 4.24. The largest absolute Gasteiger partial charge is 0.480 e. The molecule has 0 aliphatic carbocycles. The Morgan fingerprint density at radius 1 is 1.35 bits per heavy atom. The number of ether oxygens (including phenoxy) is 1. The molecule has 0 heterocycles. The predicted octanol–water partition coefficient (Wildman–Crippen LogP) is 0.980. The number of methoxy groups -OCH3 is 1. The summed E-state index contributed by atoms with van der Waals surface area (Å²) in [5.74, 6) is -0.876. The summed E-state index contributed by atoms with van der Waals surface area (Å²) in [5, 5.41) is 11.1. The molecule has 2 atom stereocenters. The first-order chi connectivity index (χ1) is 7.88. The van der Waals surface area contributed by atoms with E-state index in [-0.39, 0.29) is 23.6 Å². The van der Waals surface area contributed by atoms with Crippen LogP contribution < -0.4 is 5.32 Å². The van der Waals surface area contributed by atoms with Crippen molar-refractivity contribution in [2.45, 2.75) is 32.1 Å². The summed E-state index contributed by atoms with van der Waals surface area (Å²) < 4.78 is 4.89. The molecule has 0 saturated carbocycles. The molecule has 0 radical (unpaired) electrons. The van der Waals surface area contributed by atoms with Gasteiger partial charge in [0.2, 0.25) is 5.91 Å². The number of carboxylic acid groups (broad SMARTS) is 1. The number of carbonyl (C=O) groups is 2. The zero-order chi connectivity index (χ0) is 13.4. The quantitative estimate of drug-likeness (QED) is 0.683. The molecule has 1 amide bonds. The van der Waals surface area contributed by atoms with Crippen LogP contribution >= 0.6 is 11.8 Å². The third kappa shape index (κ3) is 7.23. The van der Waals surface area contributed by atoms with Crippen LogP contribution in [0, 0.1) is 5.92 Å². The molecule has 0 aromatic rings. The Morgan fingerprint density at radius 2 is 1.94 bits per heavy atom. The number of amides is 1. The van der Waals surface area contributed by atoms with Gasteiger partial charge >= 0.3 is 5.97 Å². The van der Waals surface area contributed by atoms with Gasteiger partial charge in [-0.3, -0.25) is 9.59 Å². The Kier molecular flexibility index (Phi) is 7.99. The molecule has 0 aromatic carbocycles. The average Bonchev–Trinajstić information content (AvgIpc) is 2.16. The maximum atomic E-state index is 11.5. The Balaban J connectivity index is 4.01. The molecule has 17 heavy (non-hydrogen) atoms. The van der Waals surface area contributed by atoms with Crippen molar-refractivity contribution in [2.75, 3.05) is 19.5 Å². The van der Waals surface area contributed by atoms with Crippen LogP contribution in [-0.2, 0) is 14.3 Å². The normalized spacial score (nSPS) is 14.4. The van der Waals surface area contributed by atoms with E-state index < -0.39 is 11.2 Å². The molecular formula is C11H21NO4S. The van der Waals surface area contributed by atoms with Crippen molar-refractivity contribution in [1.82, 2.24) is 5.32 Å². The Hall–Kier alpha value is -0.750. The minimum Gasteiger partial charge on any atom is -0.480 e. The van der Waals surface area contributed by atoms with Crippen molar-refractivity contribution >= 4 is 23.6 Å². The van der Waals surface area contributed by atoms with Crippen LogP contribution in [0.25, 0.3) is 0 Å². The molecule has 0 aromatic heterocycles. The van der Waals surface area contributed by atoms with Crippen molar-refractivity contribution in [3.8, 4) is 0 Å². The zero-order valence-electron chi connectivity index (χ0n) is 10.7. The van der Waals surface area contributed by atoms with E-state index >= 15 is 0 Å². The fourth-order valence-corrected chi connectivity index (χ4v) is 2.26. The van der Waals surface area contributed by atoms with Crippen LogP contribution in [0.1, 0.15) is 20.8 Å². The molecule has 100 valence electrons. The summed E-state index contributed by atoms with van der Waals surface area (Å²) >= 11 is 1.15. The van der Waals surface area contributed by atoms with Crippen molar-refractivity contribution in [2.24, 2.45) is 5.92 Å². The van der Waals surface area contributed by atoms with Crippen molar-refractivity contribution in [1.29, 1.82) is 0 Å². The molecular weight excluding hydrogens is 242 g/mol. The van der Waals surface area contributed by atoms with Crippen molar-refractivity contribution < 1.29 is 19.4 Å². The highest BCUT2D eigenvalue weighted by molar-refractivity contribution is 8.01. The molecule has 0 rings (SSSR count). The lowest BCUT2D eigenvalue weighted by atomic mass is 10.1. The molecule has 0 spiro atoms. The number of nitrogens with one attached hydrogen (secondary N) is 1. The molecule has 0 fully saturated rings. The lowest BCUT2D eigenvalue weighted by Crippen LogP contribution is -2.37. The zero-order valence-corrected chi connectivity index (χ0v) is 11.5. The minimum atomic E-state index is -0.872. The molecule has 5 nitrogen and oxygen atoms in total. The molecule has 0 aliphatic rings. The lowest BCUT2D eigenvalue weighted by Gasteiger charge is -2.17. The lowest BCUT2D eigenvalue weighted by molar-refractivity contribution is -0.137. The van der Waals surface area contributed by atoms with Gasteiger partial charge in [0.05, 0.1) is 12.4 Å². The van der Waals surface area contributed by atoms with E-state index in [9.17, 15) is 9.59 Å². The van der Waals surface area contributed by atoms with E-state index in [2.05, 4.69) is 5.32 Å². The Morgan fingerprint density at radius 3 is 2.35 bits per heavy atom. The topological polar surface area (TPSA) is 75.6 Å². The van der Waals surface area contributed by atoms with Gasteiger partial charge in [-0.1, -0.05) is 13.8 Å². The maximum absolute atomic E-state index is 11.5. The summed E-state index contributed by atoms with van der Waals surface area (Å²) in [6, 6.07) is -0.0598. The van der Waals surface area contributed by atoms with E-state index in [1.807, 2.05) is 20.8 Å². The van der Waals surface area contributed by atoms with Crippen LogP contribution in [0.15, 0.2) is 0 Å². The van der Waals surface area contributed by atoms with Crippen LogP contribution in [0.4, 0.5) is 0 Å². The molecule has 2 unspecified atom stereocenters. The van der Waals surface area contributed by atoms with E-state index in [1.165, 1.54) is 0 Å². The van der Waals surface area contributed by atoms with Gasteiger partial charge < -0.3 is 15.2 Å². The van der Waals surface area contributed by atoms with E-state index in [0.717, 1.165) is 11.8 Å². The van der Waals surface area contributed by atoms with Crippen LogP contribution in [-0.4, -0.2) is 47.7 Å². The van der Waals surface area contributed by atoms with Crippen molar-refractivity contribution in [3.05, 3.63) is 0 Å². The second kappa shape index (κ2) is 8.36. The monoisotopic (exact) mass is 263 g/mol. The SMILES string of the molecule is COCC(C)NC(=O)CSC(C(=O)O)C(C)C. The third-order valence-electron chi connectivity index (χ3n) is 2.07. The number of aliphatic carboxylic acids is 1. The van der Waals surface area contributed by atoms with Crippen LogP contribution in [0.3, 0.4) is 0 Å². The standard InChI is InChI=1S/C11H21NO4S/c1-7(2)10(11(14)15)17-6-9(13)12-8(3)5-16-4/h7-8,10H,5-6H2,1-4H3,(H,12,13)(H,14,15). The number of thioether (sulfide) groups is 1. The number of hydrogen-bond donors (Lipinski definition) is 2. The number of rotatable bonds is 8. The highest BCUT2D eigenvalue weighted by Crippen LogP contribution is 2.19. The number of carbonyl (C=O) groups excluding carboxylic acids is 1. The maximum Gasteiger partial charge on any atom is 0.316 e. The first kappa shape index (κ1) is 16.2. The summed E-state index contributed by atoms with van der Waals surface area (Å²) in [4.78, 5) is 22.4. The second-order valence-corrected chi connectivity index (χ2v) is 5.37. The van der Waals surface area contributed by atoms with Gasteiger partial charge in [-0.2, -0.15) is 0 Å². The first-order valence-corrected chi connectivity index (χ1v) is 6.56. The molecule has 2 N–H and O–H groups in total. The molecule has 0 bridgehead atoms. The number of hydrogen-bond acceptors (Lipinski definition) is 4. The summed E-state index contributed by atoms with van der Waals surface area (Å²) in [5.41, 5.74) is 0. The Bertz CT molecular complexity index is 258. The molecule has 6 heteroatoms. The van der Waals surface area contributed by atoms with Gasteiger partial charge in [-0.15, -0.1) is 11.8 Å². The van der Waals surface area contributed by atoms with Gasteiger partial charge in [-0.05, 0) is 12.8 Å². The fraction of sp³-hybridized carbons (Fsp3) is 0.818. The summed E-state index contributed by atoms with van der Waals surface area (Å²) in [7, 11) is 1.57. The third-order valence-corrected chi connectivity index (χ3v) is 3.60. The molecule has 0 saturated heterocycles. The van der Waals surface area contributed by atoms with Gasteiger partial charge in [0.1, 0.15) is 5.25 Å². The Labute approximate surface area is 106 Å². The van der Waals surface area contributed by atoms with Gasteiger partial charge in [0, 0.05) is 13.2 Å². The van der Waals surface area contributed by atoms with Gasteiger partial charge in [-0.25, -0.2) is 0 Å². The fourth-order valence-electron chi connectivity index (χ4n) is 1.32. The summed E-state index contributed by atoms with van der Waals surface area (Å²) in [6.45, 7) is 5.95. The van der Waals surface area contributed by atoms with E-state index in [4.69, 9.17) is 9.84 Å². The highest BCUT2D eigenvalue weighted by Gasteiger charge is 2.23. The summed E-state index contributed by atoms with van der Waals surface area (Å²) in [6.07, 6.45) is 0. The first-order valence-electron chi connectivity index (χ1n) is 5.51. The van der Waals surface area contributed by atoms with Gasteiger partial charge in [0.25, 0.3) is 0 Å². The van der Waals surface area contributed by atoms with Gasteiger partial charge in [0.15, 0.2) is 0 Å². The van der Waals surface area contributed by atoms with E-state index in [0.29, 0.717) is 6.61 Å². The number of carboxylic acids is 1.